The maximum Gasteiger partial charge on any atom is 0.350 e. The molecule has 1 saturated heterocycles. The SMILES string of the molecule is CCOC(=O)c1sc(Nc2nc(NCc3ccc(C#N)cc3)cc(N3CCNCC3)n2)nc1C. The van der Waals surface area contributed by atoms with Gasteiger partial charge in [0.2, 0.25) is 5.95 Å². The number of rotatable bonds is 8. The molecule has 3 N–H and O–H groups in total. The van der Waals surface area contributed by atoms with Crippen molar-refractivity contribution >= 4 is 40.0 Å². The highest BCUT2D eigenvalue weighted by molar-refractivity contribution is 7.17. The smallest absolute Gasteiger partial charge is 0.350 e. The zero-order valence-electron chi connectivity index (χ0n) is 19.1. The molecule has 1 fully saturated rings. The van der Waals surface area contributed by atoms with E-state index in [4.69, 9.17) is 15.0 Å². The molecule has 176 valence electrons. The number of aryl methyl sites for hydroxylation is 1. The van der Waals surface area contributed by atoms with Crippen molar-refractivity contribution in [2.45, 2.75) is 20.4 Å². The second-order valence-corrected chi connectivity index (χ2v) is 8.61. The van der Waals surface area contributed by atoms with Gasteiger partial charge in [-0.2, -0.15) is 15.2 Å². The third-order valence-corrected chi connectivity index (χ3v) is 6.24. The molecule has 1 aromatic carbocycles. The molecule has 0 atom stereocenters. The van der Waals surface area contributed by atoms with Crippen molar-refractivity contribution in [2.24, 2.45) is 0 Å². The van der Waals surface area contributed by atoms with Gasteiger partial charge in [0, 0.05) is 38.8 Å². The molecule has 11 heteroatoms. The average molecular weight is 479 g/mol. The number of benzene rings is 1. The first-order valence-electron chi connectivity index (χ1n) is 11.0. The number of carbonyl (C=O) groups excluding carboxylic acids is 1. The molecule has 2 aromatic heterocycles. The van der Waals surface area contributed by atoms with Crippen LogP contribution in [0.4, 0.5) is 22.7 Å². The largest absolute Gasteiger partial charge is 0.462 e. The first-order valence-corrected chi connectivity index (χ1v) is 11.9. The molecule has 0 aliphatic carbocycles. The summed E-state index contributed by atoms with van der Waals surface area (Å²) in [4.78, 5) is 28.6. The van der Waals surface area contributed by atoms with Gasteiger partial charge in [0.05, 0.1) is 23.9 Å². The quantitative estimate of drug-likeness (QED) is 0.416. The number of nitrogens with one attached hydrogen (secondary N) is 3. The van der Waals surface area contributed by atoms with Gasteiger partial charge in [-0.1, -0.05) is 23.5 Å². The molecule has 1 aliphatic heterocycles. The summed E-state index contributed by atoms with van der Waals surface area (Å²) in [5.74, 6) is 1.47. The Balaban J connectivity index is 1.56. The molecule has 3 aromatic rings. The summed E-state index contributed by atoms with van der Waals surface area (Å²) in [7, 11) is 0. The molecule has 0 saturated carbocycles. The number of esters is 1. The molecular weight excluding hydrogens is 452 g/mol. The van der Waals surface area contributed by atoms with Crippen LogP contribution in [0.5, 0.6) is 0 Å². The maximum atomic E-state index is 12.2. The number of piperazine rings is 1. The number of thiazole rings is 1. The average Bonchev–Trinajstić information content (AvgIpc) is 3.23. The Bertz CT molecular complexity index is 1180. The number of aromatic nitrogens is 3. The minimum Gasteiger partial charge on any atom is -0.462 e. The highest BCUT2D eigenvalue weighted by Gasteiger charge is 2.19. The third kappa shape index (κ3) is 5.78. The lowest BCUT2D eigenvalue weighted by Crippen LogP contribution is -2.44. The van der Waals surface area contributed by atoms with E-state index in [0.29, 0.717) is 46.2 Å². The fourth-order valence-corrected chi connectivity index (χ4v) is 4.31. The summed E-state index contributed by atoms with van der Waals surface area (Å²) in [5, 5.41) is 19.4. The van der Waals surface area contributed by atoms with Crippen LogP contribution in [0.1, 0.15) is 33.4 Å². The number of hydrogen-bond donors (Lipinski definition) is 3. The van der Waals surface area contributed by atoms with E-state index in [2.05, 4.69) is 36.9 Å². The number of nitrogens with zero attached hydrogens (tertiary/aromatic N) is 5. The summed E-state index contributed by atoms with van der Waals surface area (Å²) in [5.41, 5.74) is 2.26. The maximum absolute atomic E-state index is 12.2. The van der Waals surface area contributed by atoms with Gasteiger partial charge in [-0.05, 0) is 31.5 Å². The van der Waals surface area contributed by atoms with Crippen molar-refractivity contribution in [1.29, 1.82) is 5.26 Å². The minimum absolute atomic E-state index is 0.309. The van der Waals surface area contributed by atoms with Crippen molar-refractivity contribution < 1.29 is 9.53 Å². The summed E-state index contributed by atoms with van der Waals surface area (Å²) >= 11 is 1.22. The van der Waals surface area contributed by atoms with Crippen molar-refractivity contribution in [3.8, 4) is 6.07 Å². The fraction of sp³-hybridized carbons (Fsp3) is 0.348. The Labute approximate surface area is 202 Å². The fourth-order valence-electron chi connectivity index (χ4n) is 3.46. The van der Waals surface area contributed by atoms with Gasteiger partial charge >= 0.3 is 5.97 Å². The molecule has 0 bridgehead atoms. The predicted octanol–water partition coefficient (Wildman–Crippen LogP) is 3.06. The lowest BCUT2D eigenvalue weighted by molar-refractivity contribution is 0.0531. The van der Waals surface area contributed by atoms with E-state index >= 15 is 0 Å². The van der Waals surface area contributed by atoms with Gasteiger partial charge in [-0.25, -0.2) is 9.78 Å². The lowest BCUT2D eigenvalue weighted by Gasteiger charge is -2.28. The lowest BCUT2D eigenvalue weighted by atomic mass is 10.1. The summed E-state index contributed by atoms with van der Waals surface area (Å²) in [6.07, 6.45) is 0. The third-order valence-electron chi connectivity index (χ3n) is 5.19. The van der Waals surface area contributed by atoms with Crippen LogP contribution in [0.25, 0.3) is 0 Å². The summed E-state index contributed by atoms with van der Waals surface area (Å²) in [6, 6.07) is 11.5. The van der Waals surface area contributed by atoms with E-state index in [1.807, 2.05) is 18.2 Å². The van der Waals surface area contributed by atoms with Crippen LogP contribution in [0, 0.1) is 18.3 Å². The zero-order chi connectivity index (χ0) is 23.9. The van der Waals surface area contributed by atoms with Crippen molar-refractivity contribution in [3.63, 3.8) is 0 Å². The predicted molar refractivity (Wildman–Crippen MR) is 132 cm³/mol. The second kappa shape index (κ2) is 10.9. The van der Waals surface area contributed by atoms with Crippen molar-refractivity contribution in [3.05, 3.63) is 52.0 Å². The van der Waals surface area contributed by atoms with Crippen LogP contribution in [-0.2, 0) is 11.3 Å². The normalized spacial score (nSPS) is 13.3. The summed E-state index contributed by atoms with van der Waals surface area (Å²) < 4.78 is 5.11. The molecule has 0 radical (unpaired) electrons. The Hall–Kier alpha value is -3.75. The molecule has 3 heterocycles. The molecule has 0 amide bonds. The second-order valence-electron chi connectivity index (χ2n) is 7.61. The van der Waals surface area contributed by atoms with Crippen LogP contribution < -0.4 is 20.9 Å². The molecule has 34 heavy (non-hydrogen) atoms. The Morgan fingerprint density at radius 2 is 2.00 bits per heavy atom. The monoisotopic (exact) mass is 478 g/mol. The Kier molecular flexibility index (Phi) is 7.51. The number of nitriles is 1. The first kappa shape index (κ1) is 23.4. The topological polar surface area (TPSA) is 128 Å². The van der Waals surface area contributed by atoms with E-state index < -0.39 is 0 Å². The number of ether oxygens (including phenoxy) is 1. The van der Waals surface area contributed by atoms with E-state index in [0.717, 1.165) is 37.6 Å². The van der Waals surface area contributed by atoms with Crippen LogP contribution in [0.2, 0.25) is 0 Å². The first-order chi connectivity index (χ1) is 16.6. The highest BCUT2D eigenvalue weighted by atomic mass is 32.1. The highest BCUT2D eigenvalue weighted by Crippen LogP contribution is 2.27. The zero-order valence-corrected chi connectivity index (χ0v) is 19.9. The van der Waals surface area contributed by atoms with Gasteiger partial charge in [0.25, 0.3) is 0 Å². The Morgan fingerprint density at radius 3 is 2.71 bits per heavy atom. The standard InChI is InChI=1S/C23H26N8O2S/c1-3-33-21(32)20-15(2)27-23(34-20)30-22-28-18(12-19(29-22)31-10-8-25-9-11-31)26-14-17-6-4-16(13-24)5-7-17/h4-7,12,25H,3,8-11,14H2,1-2H3,(H2,26,27,28,29,30). The summed E-state index contributed by atoms with van der Waals surface area (Å²) in [6.45, 7) is 7.86. The van der Waals surface area contributed by atoms with Crippen molar-refractivity contribution in [2.75, 3.05) is 48.3 Å². The van der Waals surface area contributed by atoms with Crippen molar-refractivity contribution in [1.82, 2.24) is 20.3 Å². The molecule has 0 unspecified atom stereocenters. The van der Waals surface area contributed by atoms with E-state index in [-0.39, 0.29) is 5.97 Å². The van der Waals surface area contributed by atoms with Gasteiger partial charge < -0.3 is 20.3 Å². The molecule has 0 spiro atoms. The van der Waals surface area contributed by atoms with Gasteiger partial charge in [0.15, 0.2) is 5.13 Å². The minimum atomic E-state index is -0.384. The van der Waals surface area contributed by atoms with Crippen LogP contribution in [-0.4, -0.2) is 53.7 Å². The molecule has 1 aliphatic rings. The van der Waals surface area contributed by atoms with E-state index in [1.54, 1.807) is 26.0 Å². The molecule has 10 nitrogen and oxygen atoms in total. The van der Waals surface area contributed by atoms with Gasteiger partial charge in [0.1, 0.15) is 16.5 Å². The molecule has 4 rings (SSSR count). The molecular formula is C23H26N8O2S. The number of anilines is 4. The van der Waals surface area contributed by atoms with E-state index in [1.165, 1.54) is 11.3 Å². The van der Waals surface area contributed by atoms with Gasteiger partial charge in [-0.3, -0.25) is 5.32 Å². The van der Waals surface area contributed by atoms with Gasteiger partial charge in [-0.15, -0.1) is 0 Å². The van der Waals surface area contributed by atoms with Crippen LogP contribution in [0.15, 0.2) is 30.3 Å². The van der Waals surface area contributed by atoms with Crippen LogP contribution >= 0.6 is 11.3 Å². The number of hydrogen-bond acceptors (Lipinski definition) is 11. The van der Waals surface area contributed by atoms with Crippen LogP contribution in [0.3, 0.4) is 0 Å². The van der Waals surface area contributed by atoms with E-state index in [9.17, 15) is 4.79 Å². The Morgan fingerprint density at radius 1 is 1.24 bits per heavy atom. The number of carbonyl (C=O) groups is 1.